The number of aliphatic hydroxyl groups excluding tert-OH is 1. The molecule has 0 saturated carbocycles. The topological polar surface area (TPSA) is 83.9 Å². The first-order chi connectivity index (χ1) is 6.81. The van der Waals surface area contributed by atoms with Gasteiger partial charge in [0.25, 0.3) is 0 Å². The van der Waals surface area contributed by atoms with Gasteiger partial charge in [-0.2, -0.15) is 9.47 Å². The van der Waals surface area contributed by atoms with E-state index in [9.17, 15) is 5.11 Å². The summed E-state index contributed by atoms with van der Waals surface area (Å²) in [7, 11) is 1.53. The van der Waals surface area contributed by atoms with Gasteiger partial charge in [-0.15, -0.1) is 0 Å². The van der Waals surface area contributed by atoms with Gasteiger partial charge >= 0.3 is 0 Å². The highest BCUT2D eigenvalue weighted by atomic mass is 32.1. The van der Waals surface area contributed by atoms with Gasteiger partial charge in [0.05, 0.1) is 12.0 Å². The van der Waals surface area contributed by atoms with Crippen molar-refractivity contribution in [3.05, 3.63) is 23.1 Å². The standard InChI is InChI=1S/C7H8N4O2S/c1-13-5-2-4(14-11-5)6(12)7-8-3-9-10-7/h2-3,6,12H,1H3,(H,8,9,10). The fourth-order valence-electron chi connectivity index (χ4n) is 0.979. The molecule has 2 N–H and O–H groups in total. The maximum atomic E-state index is 9.77. The molecule has 0 bridgehead atoms. The van der Waals surface area contributed by atoms with Gasteiger partial charge in [0.15, 0.2) is 5.82 Å². The molecule has 0 amide bonds. The van der Waals surface area contributed by atoms with E-state index in [1.165, 1.54) is 25.0 Å². The summed E-state index contributed by atoms with van der Waals surface area (Å²) in [5.74, 6) is 0.889. The van der Waals surface area contributed by atoms with Gasteiger partial charge < -0.3 is 9.84 Å². The molecule has 0 aliphatic heterocycles. The Bertz CT molecular complexity index is 399. The van der Waals surface area contributed by atoms with Crippen LogP contribution in [0.15, 0.2) is 12.4 Å². The van der Waals surface area contributed by atoms with Crippen molar-refractivity contribution < 1.29 is 9.84 Å². The van der Waals surface area contributed by atoms with Gasteiger partial charge in [-0.3, -0.25) is 5.10 Å². The number of aromatic nitrogens is 4. The highest BCUT2D eigenvalue weighted by Gasteiger charge is 2.16. The summed E-state index contributed by atoms with van der Waals surface area (Å²) in [5, 5.41) is 16.0. The monoisotopic (exact) mass is 212 g/mol. The van der Waals surface area contributed by atoms with Crippen molar-refractivity contribution in [3.63, 3.8) is 0 Å². The number of ether oxygens (including phenoxy) is 1. The number of H-pyrrole nitrogens is 1. The number of methoxy groups -OCH3 is 1. The fraction of sp³-hybridized carbons (Fsp3) is 0.286. The molecular weight excluding hydrogens is 204 g/mol. The lowest BCUT2D eigenvalue weighted by Crippen LogP contribution is -1.99. The maximum absolute atomic E-state index is 9.77. The van der Waals surface area contributed by atoms with Crippen LogP contribution >= 0.6 is 11.5 Å². The summed E-state index contributed by atoms with van der Waals surface area (Å²) < 4.78 is 8.87. The van der Waals surface area contributed by atoms with E-state index in [0.717, 1.165) is 0 Å². The Morgan fingerprint density at radius 1 is 1.64 bits per heavy atom. The molecule has 14 heavy (non-hydrogen) atoms. The van der Waals surface area contributed by atoms with E-state index in [-0.39, 0.29) is 0 Å². The van der Waals surface area contributed by atoms with Crippen LogP contribution in [0.1, 0.15) is 16.8 Å². The molecule has 1 unspecified atom stereocenters. The average Bonchev–Trinajstić information content (AvgIpc) is 2.88. The first-order valence-electron chi connectivity index (χ1n) is 3.85. The van der Waals surface area contributed by atoms with Crippen molar-refractivity contribution in [1.82, 2.24) is 19.6 Å². The minimum atomic E-state index is -0.820. The lowest BCUT2D eigenvalue weighted by Gasteiger charge is -2.01. The van der Waals surface area contributed by atoms with E-state index >= 15 is 0 Å². The largest absolute Gasteiger partial charge is 0.480 e. The SMILES string of the molecule is COc1cc(C(O)c2ncn[nH]2)sn1. The zero-order valence-corrected chi connectivity index (χ0v) is 8.15. The number of aliphatic hydroxyl groups is 1. The zero-order chi connectivity index (χ0) is 9.97. The Kier molecular flexibility index (Phi) is 2.42. The van der Waals surface area contributed by atoms with E-state index in [1.54, 1.807) is 6.07 Å². The summed E-state index contributed by atoms with van der Waals surface area (Å²) in [5.41, 5.74) is 0. The van der Waals surface area contributed by atoms with Crippen LogP contribution in [0.25, 0.3) is 0 Å². The van der Waals surface area contributed by atoms with Crippen LogP contribution < -0.4 is 4.74 Å². The number of hydrogen-bond donors (Lipinski definition) is 2. The smallest absolute Gasteiger partial charge is 0.225 e. The summed E-state index contributed by atoms with van der Waals surface area (Å²) in [4.78, 5) is 4.51. The van der Waals surface area contributed by atoms with Crippen molar-refractivity contribution in [3.8, 4) is 5.88 Å². The number of nitrogens with zero attached hydrogens (tertiary/aromatic N) is 3. The Hall–Kier alpha value is -1.47. The highest BCUT2D eigenvalue weighted by Crippen LogP contribution is 2.25. The number of nitrogens with one attached hydrogen (secondary N) is 1. The van der Waals surface area contributed by atoms with E-state index in [0.29, 0.717) is 16.6 Å². The van der Waals surface area contributed by atoms with Gasteiger partial charge in [-0.25, -0.2) is 4.98 Å². The molecular formula is C7H8N4O2S. The second-order valence-corrected chi connectivity index (χ2v) is 3.38. The van der Waals surface area contributed by atoms with Crippen LogP contribution in [0.5, 0.6) is 5.88 Å². The summed E-state index contributed by atoms with van der Waals surface area (Å²) >= 11 is 1.17. The third-order valence-electron chi connectivity index (χ3n) is 1.68. The lowest BCUT2D eigenvalue weighted by molar-refractivity contribution is 0.214. The Morgan fingerprint density at radius 3 is 3.07 bits per heavy atom. The van der Waals surface area contributed by atoms with Crippen molar-refractivity contribution in [2.45, 2.75) is 6.10 Å². The molecule has 0 saturated heterocycles. The van der Waals surface area contributed by atoms with Crippen LogP contribution in [0.2, 0.25) is 0 Å². The molecule has 0 aromatic carbocycles. The maximum Gasteiger partial charge on any atom is 0.225 e. The predicted octanol–water partition coefficient (Wildman–Crippen LogP) is 0.351. The number of rotatable bonds is 3. The van der Waals surface area contributed by atoms with Crippen molar-refractivity contribution in [2.24, 2.45) is 0 Å². The normalized spacial score (nSPS) is 12.7. The third-order valence-corrected chi connectivity index (χ3v) is 2.50. The highest BCUT2D eigenvalue weighted by molar-refractivity contribution is 7.06. The molecule has 2 aromatic rings. The summed E-state index contributed by atoms with van der Waals surface area (Å²) in [6.45, 7) is 0. The Labute approximate surface area is 83.7 Å². The van der Waals surface area contributed by atoms with Crippen molar-refractivity contribution in [2.75, 3.05) is 7.11 Å². The van der Waals surface area contributed by atoms with Gasteiger partial charge in [0.1, 0.15) is 12.4 Å². The van der Waals surface area contributed by atoms with Crippen LogP contribution in [0.3, 0.4) is 0 Å². The van der Waals surface area contributed by atoms with Gasteiger partial charge in [-0.1, -0.05) is 0 Å². The van der Waals surface area contributed by atoms with Gasteiger partial charge in [0, 0.05) is 6.07 Å². The molecule has 0 spiro atoms. The second-order valence-electron chi connectivity index (χ2n) is 2.54. The molecule has 74 valence electrons. The quantitative estimate of drug-likeness (QED) is 0.767. The minimum absolute atomic E-state index is 0.399. The van der Waals surface area contributed by atoms with Crippen molar-refractivity contribution in [1.29, 1.82) is 0 Å². The number of aromatic amines is 1. The minimum Gasteiger partial charge on any atom is -0.480 e. The first kappa shape index (κ1) is 9.10. The van der Waals surface area contributed by atoms with Crippen LogP contribution in [0.4, 0.5) is 0 Å². The van der Waals surface area contributed by atoms with Crippen LogP contribution in [0, 0.1) is 0 Å². The van der Waals surface area contributed by atoms with E-state index in [4.69, 9.17) is 4.74 Å². The van der Waals surface area contributed by atoms with E-state index < -0.39 is 6.10 Å². The molecule has 7 heteroatoms. The molecule has 0 fully saturated rings. The zero-order valence-electron chi connectivity index (χ0n) is 7.34. The summed E-state index contributed by atoms with van der Waals surface area (Å²) in [6.07, 6.45) is 0.524. The van der Waals surface area contributed by atoms with E-state index in [2.05, 4.69) is 19.6 Å². The fourth-order valence-corrected chi connectivity index (χ4v) is 1.67. The molecule has 0 aliphatic carbocycles. The Morgan fingerprint density at radius 2 is 2.50 bits per heavy atom. The van der Waals surface area contributed by atoms with Crippen molar-refractivity contribution >= 4 is 11.5 Å². The molecule has 0 radical (unpaired) electrons. The van der Waals surface area contributed by atoms with Gasteiger partial charge in [0.2, 0.25) is 5.88 Å². The molecule has 2 heterocycles. The average molecular weight is 212 g/mol. The van der Waals surface area contributed by atoms with E-state index in [1.807, 2.05) is 0 Å². The molecule has 1 atom stereocenters. The number of hydrogen-bond acceptors (Lipinski definition) is 6. The Balaban J connectivity index is 2.23. The molecule has 2 aromatic heterocycles. The van der Waals surface area contributed by atoms with Gasteiger partial charge in [-0.05, 0) is 11.5 Å². The second kappa shape index (κ2) is 3.72. The lowest BCUT2D eigenvalue weighted by atomic mass is 10.3. The summed E-state index contributed by atoms with van der Waals surface area (Å²) in [6, 6.07) is 1.66. The van der Waals surface area contributed by atoms with Crippen LogP contribution in [-0.4, -0.2) is 31.8 Å². The molecule has 0 aliphatic rings. The molecule has 2 rings (SSSR count). The molecule has 6 nitrogen and oxygen atoms in total. The van der Waals surface area contributed by atoms with Crippen LogP contribution in [-0.2, 0) is 0 Å². The predicted molar refractivity (Wildman–Crippen MR) is 49.1 cm³/mol. The first-order valence-corrected chi connectivity index (χ1v) is 4.62. The third kappa shape index (κ3) is 1.59.